The summed E-state index contributed by atoms with van der Waals surface area (Å²) >= 11 is 2.04. The van der Waals surface area contributed by atoms with Crippen LogP contribution in [0.3, 0.4) is 0 Å². The van der Waals surface area contributed by atoms with Crippen LogP contribution in [0, 0.1) is 0 Å². The van der Waals surface area contributed by atoms with Crippen LogP contribution >= 0.6 is 11.8 Å². The molecule has 0 aliphatic carbocycles. The van der Waals surface area contributed by atoms with Crippen molar-refractivity contribution >= 4 is 17.4 Å². The van der Waals surface area contributed by atoms with Gasteiger partial charge in [-0.05, 0) is 42.7 Å². The molecule has 3 heteroatoms. The van der Waals surface area contributed by atoms with Gasteiger partial charge in [0.15, 0.2) is 0 Å². The summed E-state index contributed by atoms with van der Waals surface area (Å²) in [5.41, 5.74) is 2.40. The summed E-state index contributed by atoms with van der Waals surface area (Å²) in [5.74, 6) is 2.53. The van der Waals surface area contributed by atoms with Gasteiger partial charge in [0.2, 0.25) is 0 Å². The molecule has 1 fully saturated rings. The molecular formula is C13H19NOS. The third-order valence-corrected chi connectivity index (χ3v) is 4.10. The summed E-state index contributed by atoms with van der Waals surface area (Å²) in [7, 11) is 0. The minimum absolute atomic E-state index is 0.228. The molecule has 1 aromatic rings. The minimum Gasteiger partial charge on any atom is -0.396 e. The quantitative estimate of drug-likeness (QED) is 0.844. The van der Waals surface area contributed by atoms with Gasteiger partial charge in [-0.3, -0.25) is 0 Å². The Hall–Kier alpha value is -0.670. The molecule has 0 saturated carbocycles. The summed E-state index contributed by atoms with van der Waals surface area (Å²) in [6.07, 6.45) is 3.36. The van der Waals surface area contributed by atoms with Crippen LogP contribution < -0.4 is 5.32 Å². The van der Waals surface area contributed by atoms with E-state index in [4.69, 9.17) is 5.11 Å². The zero-order chi connectivity index (χ0) is 11.2. The van der Waals surface area contributed by atoms with E-state index in [0.29, 0.717) is 6.04 Å². The molecule has 1 saturated heterocycles. The van der Waals surface area contributed by atoms with E-state index in [1.165, 1.54) is 35.6 Å². The highest BCUT2D eigenvalue weighted by atomic mass is 32.2. The smallest absolute Gasteiger partial charge is 0.0471 e. The number of hydrogen-bond acceptors (Lipinski definition) is 3. The first-order chi connectivity index (χ1) is 7.88. The molecule has 16 heavy (non-hydrogen) atoms. The van der Waals surface area contributed by atoms with Crippen LogP contribution in [0.2, 0.25) is 0 Å². The topological polar surface area (TPSA) is 32.3 Å². The predicted octanol–water partition coefficient (Wildman–Crippen LogP) is 2.53. The molecule has 0 spiro atoms. The van der Waals surface area contributed by atoms with Gasteiger partial charge in [-0.2, -0.15) is 11.8 Å². The van der Waals surface area contributed by atoms with Gasteiger partial charge in [-0.15, -0.1) is 0 Å². The summed E-state index contributed by atoms with van der Waals surface area (Å²) in [4.78, 5) is 0. The van der Waals surface area contributed by atoms with Crippen molar-refractivity contribution < 1.29 is 5.11 Å². The summed E-state index contributed by atoms with van der Waals surface area (Å²) in [5, 5.41) is 12.4. The second kappa shape index (κ2) is 6.16. The molecule has 0 amide bonds. The number of aliphatic hydroxyl groups excluding tert-OH is 1. The molecule has 1 aliphatic heterocycles. The first-order valence-corrected chi connectivity index (χ1v) is 7.08. The number of rotatable bonds is 4. The molecule has 88 valence electrons. The largest absolute Gasteiger partial charge is 0.396 e. The second-order valence-corrected chi connectivity index (χ2v) is 5.38. The maximum absolute atomic E-state index is 8.83. The number of benzene rings is 1. The average Bonchev–Trinajstić information content (AvgIpc) is 2.33. The zero-order valence-electron chi connectivity index (χ0n) is 9.48. The lowest BCUT2D eigenvalue weighted by Gasteiger charge is -2.23. The van der Waals surface area contributed by atoms with Crippen LogP contribution in [0.5, 0.6) is 0 Å². The van der Waals surface area contributed by atoms with Crippen LogP contribution in [0.25, 0.3) is 0 Å². The van der Waals surface area contributed by atoms with Gasteiger partial charge >= 0.3 is 0 Å². The maximum Gasteiger partial charge on any atom is 0.0471 e. The fourth-order valence-electron chi connectivity index (χ4n) is 1.99. The molecule has 0 radical (unpaired) electrons. The second-order valence-electron chi connectivity index (χ2n) is 4.23. The number of aliphatic hydroxyl groups is 1. The molecule has 1 aliphatic rings. The van der Waals surface area contributed by atoms with Crippen LogP contribution in [-0.2, 0) is 6.42 Å². The molecule has 1 atom stereocenters. The van der Waals surface area contributed by atoms with E-state index < -0.39 is 0 Å². The molecule has 2 nitrogen and oxygen atoms in total. The Morgan fingerprint density at radius 1 is 1.31 bits per heavy atom. The lowest BCUT2D eigenvalue weighted by Crippen LogP contribution is -2.25. The van der Waals surface area contributed by atoms with E-state index in [1.807, 2.05) is 11.8 Å². The van der Waals surface area contributed by atoms with Crippen molar-refractivity contribution in [2.45, 2.75) is 25.3 Å². The summed E-state index contributed by atoms with van der Waals surface area (Å²) < 4.78 is 0. The summed E-state index contributed by atoms with van der Waals surface area (Å²) in [6, 6.07) is 9.04. The van der Waals surface area contributed by atoms with Crippen molar-refractivity contribution in [3.63, 3.8) is 0 Å². The van der Waals surface area contributed by atoms with Gasteiger partial charge in [0.1, 0.15) is 0 Å². The van der Waals surface area contributed by atoms with Gasteiger partial charge in [0.05, 0.1) is 0 Å². The first-order valence-electron chi connectivity index (χ1n) is 5.92. The molecule has 0 bridgehead atoms. The van der Waals surface area contributed by atoms with E-state index >= 15 is 0 Å². The Bertz CT molecular complexity index is 306. The van der Waals surface area contributed by atoms with Gasteiger partial charge < -0.3 is 10.4 Å². The van der Waals surface area contributed by atoms with E-state index in [9.17, 15) is 0 Å². The highest BCUT2D eigenvalue weighted by molar-refractivity contribution is 7.99. The van der Waals surface area contributed by atoms with Gasteiger partial charge in [0, 0.05) is 24.1 Å². The lowest BCUT2D eigenvalue weighted by molar-refractivity contribution is 0.299. The third-order valence-electron chi connectivity index (χ3n) is 2.89. The molecular weight excluding hydrogens is 218 g/mol. The van der Waals surface area contributed by atoms with E-state index in [2.05, 4.69) is 29.6 Å². The lowest BCUT2D eigenvalue weighted by atomic mass is 10.1. The molecule has 2 rings (SSSR count). The first kappa shape index (κ1) is 11.8. The fraction of sp³-hybridized carbons (Fsp3) is 0.538. The maximum atomic E-state index is 8.83. The highest BCUT2D eigenvalue weighted by Gasteiger charge is 2.12. The number of hydrogen-bond donors (Lipinski definition) is 2. The average molecular weight is 237 g/mol. The van der Waals surface area contributed by atoms with Crippen LogP contribution in [0.4, 0.5) is 5.69 Å². The van der Waals surface area contributed by atoms with Crippen molar-refractivity contribution in [3.05, 3.63) is 29.8 Å². The highest BCUT2D eigenvalue weighted by Crippen LogP contribution is 2.21. The zero-order valence-corrected chi connectivity index (χ0v) is 10.3. The Kier molecular flexibility index (Phi) is 4.55. The van der Waals surface area contributed by atoms with Crippen LogP contribution in [0.15, 0.2) is 24.3 Å². The Balaban J connectivity index is 1.88. The minimum atomic E-state index is 0.228. The van der Waals surface area contributed by atoms with Crippen molar-refractivity contribution in [1.82, 2.24) is 0 Å². The Labute approximate surface area is 101 Å². The van der Waals surface area contributed by atoms with E-state index in [-0.39, 0.29) is 6.61 Å². The van der Waals surface area contributed by atoms with Crippen LogP contribution in [-0.4, -0.2) is 29.3 Å². The van der Waals surface area contributed by atoms with Gasteiger partial charge in [-0.25, -0.2) is 0 Å². The standard InChI is InChI=1S/C13H19NOS/c15-8-7-11-3-5-12(6-4-11)14-13-2-1-9-16-10-13/h3-6,13-15H,1-2,7-10H2. The fourth-order valence-corrected chi connectivity index (χ4v) is 3.06. The summed E-state index contributed by atoms with van der Waals surface area (Å²) in [6.45, 7) is 0.228. The number of anilines is 1. The number of nitrogens with one attached hydrogen (secondary N) is 1. The number of thioether (sulfide) groups is 1. The normalized spacial score (nSPS) is 20.7. The van der Waals surface area contributed by atoms with Gasteiger partial charge in [-0.1, -0.05) is 12.1 Å². The van der Waals surface area contributed by atoms with Crippen molar-refractivity contribution in [1.29, 1.82) is 0 Å². The monoisotopic (exact) mass is 237 g/mol. The Morgan fingerprint density at radius 3 is 2.75 bits per heavy atom. The van der Waals surface area contributed by atoms with Crippen molar-refractivity contribution in [2.24, 2.45) is 0 Å². The molecule has 2 N–H and O–H groups in total. The van der Waals surface area contributed by atoms with Crippen molar-refractivity contribution in [3.8, 4) is 0 Å². The Morgan fingerprint density at radius 2 is 2.12 bits per heavy atom. The van der Waals surface area contributed by atoms with Crippen LogP contribution in [0.1, 0.15) is 18.4 Å². The molecule has 0 aromatic heterocycles. The molecule has 1 heterocycles. The van der Waals surface area contributed by atoms with E-state index in [1.54, 1.807) is 0 Å². The van der Waals surface area contributed by atoms with Gasteiger partial charge in [0.25, 0.3) is 0 Å². The third kappa shape index (κ3) is 3.42. The SMILES string of the molecule is OCCc1ccc(NC2CCCSC2)cc1. The molecule has 1 unspecified atom stereocenters. The molecule has 1 aromatic carbocycles. The van der Waals surface area contributed by atoms with Crippen molar-refractivity contribution in [2.75, 3.05) is 23.4 Å². The predicted molar refractivity (Wildman–Crippen MR) is 71.2 cm³/mol. The van der Waals surface area contributed by atoms with E-state index in [0.717, 1.165) is 6.42 Å².